The van der Waals surface area contributed by atoms with Gasteiger partial charge in [0.1, 0.15) is 11.6 Å². The Morgan fingerprint density at radius 1 is 1.21 bits per heavy atom. The molecule has 2 aromatic rings. The molecule has 0 radical (unpaired) electrons. The van der Waals surface area contributed by atoms with Crippen molar-refractivity contribution in [2.45, 2.75) is 6.92 Å². The number of benzene rings is 1. The van der Waals surface area contributed by atoms with Crippen LogP contribution in [0.25, 0.3) is 0 Å². The molecule has 0 atom stereocenters. The third-order valence-electron chi connectivity index (χ3n) is 4.09. The molecule has 0 unspecified atom stereocenters. The van der Waals surface area contributed by atoms with Gasteiger partial charge < -0.3 is 14.5 Å². The predicted octanol–water partition coefficient (Wildman–Crippen LogP) is 2.77. The second-order valence-electron chi connectivity index (χ2n) is 5.75. The van der Waals surface area contributed by atoms with Gasteiger partial charge in [-0.1, -0.05) is 17.7 Å². The van der Waals surface area contributed by atoms with E-state index in [1.165, 1.54) is 0 Å². The van der Waals surface area contributed by atoms with Crippen molar-refractivity contribution >= 4 is 23.3 Å². The summed E-state index contributed by atoms with van der Waals surface area (Å²) in [5.74, 6) is 1.66. The minimum atomic E-state index is 0.00465. The maximum absolute atomic E-state index is 12.3. The molecule has 1 aromatic carbocycles. The number of hydrogen-bond acceptors (Lipinski definition) is 4. The number of hydrogen-bond donors (Lipinski definition) is 0. The molecule has 24 heavy (non-hydrogen) atoms. The molecule has 0 spiro atoms. The molecule has 126 valence electrons. The third kappa shape index (κ3) is 3.97. The molecule has 5 nitrogen and oxygen atoms in total. The highest BCUT2D eigenvalue weighted by Crippen LogP contribution is 2.22. The van der Waals surface area contributed by atoms with E-state index in [-0.39, 0.29) is 12.5 Å². The number of carbonyl (C=O) groups excluding carboxylic acids is 1. The molecule has 6 heteroatoms. The highest BCUT2D eigenvalue weighted by atomic mass is 35.5. The second kappa shape index (κ2) is 7.53. The van der Waals surface area contributed by atoms with Gasteiger partial charge in [-0.2, -0.15) is 0 Å². The average molecular weight is 346 g/mol. The number of amides is 1. The Labute approximate surface area is 146 Å². The first-order valence-corrected chi connectivity index (χ1v) is 8.34. The Bertz CT molecular complexity index is 701. The first-order chi connectivity index (χ1) is 11.6. The standard InChI is InChI=1S/C18H20ClN3O2/c1-14-12-15(19)5-6-16(14)24-13-18(23)22-10-8-21(9-11-22)17-4-2-3-7-20-17/h2-7,12H,8-11,13H2,1H3. The van der Waals surface area contributed by atoms with E-state index < -0.39 is 0 Å². The Balaban J connectivity index is 1.50. The van der Waals surface area contributed by atoms with Crippen LogP contribution in [0.3, 0.4) is 0 Å². The van der Waals surface area contributed by atoms with Crippen molar-refractivity contribution in [1.29, 1.82) is 0 Å². The van der Waals surface area contributed by atoms with Crippen LogP contribution in [0, 0.1) is 6.92 Å². The van der Waals surface area contributed by atoms with Crippen molar-refractivity contribution < 1.29 is 9.53 Å². The summed E-state index contributed by atoms with van der Waals surface area (Å²) in [4.78, 5) is 20.7. The van der Waals surface area contributed by atoms with Gasteiger partial charge in [0.05, 0.1) is 0 Å². The number of halogens is 1. The van der Waals surface area contributed by atoms with Gasteiger partial charge in [-0.25, -0.2) is 4.98 Å². The van der Waals surface area contributed by atoms with Crippen LogP contribution in [0.2, 0.25) is 5.02 Å². The molecular formula is C18H20ClN3O2. The van der Waals surface area contributed by atoms with Crippen LogP contribution >= 0.6 is 11.6 Å². The summed E-state index contributed by atoms with van der Waals surface area (Å²) < 4.78 is 5.64. The van der Waals surface area contributed by atoms with Crippen LogP contribution in [-0.2, 0) is 4.79 Å². The number of carbonyl (C=O) groups is 1. The number of ether oxygens (including phenoxy) is 1. The molecule has 0 bridgehead atoms. The fourth-order valence-corrected chi connectivity index (χ4v) is 2.96. The van der Waals surface area contributed by atoms with Crippen molar-refractivity contribution in [3.8, 4) is 5.75 Å². The molecule has 0 N–H and O–H groups in total. The number of nitrogens with zero attached hydrogens (tertiary/aromatic N) is 3. The highest BCUT2D eigenvalue weighted by molar-refractivity contribution is 6.30. The summed E-state index contributed by atoms with van der Waals surface area (Å²) in [6, 6.07) is 11.3. The molecule has 3 rings (SSSR count). The van der Waals surface area contributed by atoms with Crippen molar-refractivity contribution in [3.63, 3.8) is 0 Å². The maximum atomic E-state index is 12.3. The Morgan fingerprint density at radius 3 is 2.67 bits per heavy atom. The van der Waals surface area contributed by atoms with Gasteiger partial charge in [-0.15, -0.1) is 0 Å². The molecule has 0 aliphatic carbocycles. The maximum Gasteiger partial charge on any atom is 0.260 e. The average Bonchev–Trinajstić information content (AvgIpc) is 2.62. The van der Waals surface area contributed by atoms with E-state index in [1.54, 1.807) is 18.3 Å². The van der Waals surface area contributed by atoms with E-state index in [1.807, 2.05) is 36.1 Å². The smallest absolute Gasteiger partial charge is 0.260 e. The highest BCUT2D eigenvalue weighted by Gasteiger charge is 2.22. The van der Waals surface area contributed by atoms with Gasteiger partial charge in [0.15, 0.2) is 6.61 Å². The number of rotatable bonds is 4. The van der Waals surface area contributed by atoms with E-state index in [0.29, 0.717) is 23.9 Å². The normalized spacial score (nSPS) is 14.6. The van der Waals surface area contributed by atoms with Crippen LogP contribution in [0.5, 0.6) is 5.75 Å². The van der Waals surface area contributed by atoms with E-state index >= 15 is 0 Å². The first kappa shape index (κ1) is 16.6. The molecule has 1 aliphatic rings. The minimum absolute atomic E-state index is 0.00465. The first-order valence-electron chi connectivity index (χ1n) is 7.96. The summed E-state index contributed by atoms with van der Waals surface area (Å²) >= 11 is 5.93. The summed E-state index contributed by atoms with van der Waals surface area (Å²) in [5.41, 5.74) is 0.926. The summed E-state index contributed by atoms with van der Waals surface area (Å²) in [6.07, 6.45) is 1.79. The quantitative estimate of drug-likeness (QED) is 0.854. The zero-order valence-electron chi connectivity index (χ0n) is 13.6. The number of piperazine rings is 1. The lowest BCUT2D eigenvalue weighted by atomic mass is 10.2. The van der Waals surface area contributed by atoms with Crippen LogP contribution in [0.4, 0.5) is 5.82 Å². The summed E-state index contributed by atoms with van der Waals surface area (Å²) in [7, 11) is 0. The predicted molar refractivity (Wildman–Crippen MR) is 94.7 cm³/mol. The molecule has 1 aromatic heterocycles. The Kier molecular flexibility index (Phi) is 5.20. The van der Waals surface area contributed by atoms with Crippen LogP contribution in [0.15, 0.2) is 42.6 Å². The molecule has 0 saturated carbocycles. The lowest BCUT2D eigenvalue weighted by Crippen LogP contribution is -2.50. The minimum Gasteiger partial charge on any atom is -0.483 e. The monoisotopic (exact) mass is 345 g/mol. The SMILES string of the molecule is Cc1cc(Cl)ccc1OCC(=O)N1CCN(c2ccccn2)CC1. The number of anilines is 1. The molecule has 1 saturated heterocycles. The zero-order valence-corrected chi connectivity index (χ0v) is 14.4. The summed E-state index contributed by atoms with van der Waals surface area (Å²) in [5, 5.41) is 0.664. The van der Waals surface area contributed by atoms with Crippen molar-refractivity contribution in [3.05, 3.63) is 53.2 Å². The van der Waals surface area contributed by atoms with Crippen LogP contribution in [0.1, 0.15) is 5.56 Å². The lowest BCUT2D eigenvalue weighted by Gasteiger charge is -2.35. The van der Waals surface area contributed by atoms with E-state index in [0.717, 1.165) is 24.5 Å². The van der Waals surface area contributed by atoms with Crippen LogP contribution < -0.4 is 9.64 Å². The second-order valence-corrected chi connectivity index (χ2v) is 6.19. The molecule has 1 amide bonds. The van der Waals surface area contributed by atoms with Crippen molar-refractivity contribution in [1.82, 2.24) is 9.88 Å². The van der Waals surface area contributed by atoms with Crippen molar-refractivity contribution in [2.75, 3.05) is 37.7 Å². The molecular weight excluding hydrogens is 326 g/mol. The molecule has 1 aliphatic heterocycles. The van der Waals surface area contributed by atoms with E-state index in [2.05, 4.69) is 9.88 Å². The Hall–Kier alpha value is -2.27. The lowest BCUT2D eigenvalue weighted by molar-refractivity contribution is -0.133. The van der Waals surface area contributed by atoms with E-state index in [9.17, 15) is 4.79 Å². The number of pyridine rings is 1. The largest absolute Gasteiger partial charge is 0.483 e. The van der Waals surface area contributed by atoms with Gasteiger partial charge in [-0.3, -0.25) is 4.79 Å². The summed E-state index contributed by atoms with van der Waals surface area (Å²) in [6.45, 7) is 4.88. The number of aryl methyl sites for hydroxylation is 1. The van der Waals surface area contributed by atoms with Gasteiger partial charge in [-0.05, 0) is 42.8 Å². The molecule has 1 fully saturated rings. The van der Waals surface area contributed by atoms with Gasteiger partial charge >= 0.3 is 0 Å². The van der Waals surface area contributed by atoms with Gasteiger partial charge in [0.25, 0.3) is 5.91 Å². The topological polar surface area (TPSA) is 45.7 Å². The van der Waals surface area contributed by atoms with E-state index in [4.69, 9.17) is 16.3 Å². The number of aromatic nitrogens is 1. The Morgan fingerprint density at radius 2 is 2.00 bits per heavy atom. The van der Waals surface area contributed by atoms with Crippen molar-refractivity contribution in [2.24, 2.45) is 0 Å². The van der Waals surface area contributed by atoms with Gasteiger partial charge in [0.2, 0.25) is 0 Å². The fraction of sp³-hybridized carbons (Fsp3) is 0.333. The van der Waals surface area contributed by atoms with Crippen LogP contribution in [-0.4, -0.2) is 48.6 Å². The van der Waals surface area contributed by atoms with Gasteiger partial charge in [0, 0.05) is 37.4 Å². The third-order valence-corrected chi connectivity index (χ3v) is 4.33. The zero-order chi connectivity index (χ0) is 16.9. The molecule has 2 heterocycles. The fourth-order valence-electron chi connectivity index (χ4n) is 2.73.